The molecule has 142 valence electrons. The van der Waals surface area contributed by atoms with Crippen molar-refractivity contribution in [2.75, 3.05) is 0 Å². The second-order valence-corrected chi connectivity index (χ2v) is 10.1. The number of carbonyl (C=O) groups is 2. The molecule has 4 heteroatoms. The molecule has 0 aromatic heterocycles. The lowest BCUT2D eigenvalue weighted by molar-refractivity contribution is -0.182. The van der Waals surface area contributed by atoms with Gasteiger partial charge in [-0.2, -0.15) is 0 Å². The van der Waals surface area contributed by atoms with Gasteiger partial charge in [-0.1, -0.05) is 25.5 Å². The van der Waals surface area contributed by atoms with E-state index in [2.05, 4.69) is 19.9 Å². The van der Waals surface area contributed by atoms with Gasteiger partial charge in [0.25, 0.3) is 0 Å². The van der Waals surface area contributed by atoms with Crippen molar-refractivity contribution in [2.45, 2.75) is 83.3 Å². The number of Topliss-reactive ketones (excluding diaryl/α,β-unsaturated/α-hetero) is 1. The predicted molar refractivity (Wildman–Crippen MR) is 96.2 cm³/mol. The Morgan fingerprint density at radius 1 is 1.15 bits per heavy atom. The van der Waals surface area contributed by atoms with E-state index in [1.807, 2.05) is 0 Å². The Labute approximate surface area is 155 Å². The van der Waals surface area contributed by atoms with E-state index in [4.69, 9.17) is 4.74 Å². The molecule has 0 aromatic rings. The maximum absolute atomic E-state index is 12.0. The molecule has 5 unspecified atom stereocenters. The number of fused-ring (bicyclic) bond motifs is 6. The van der Waals surface area contributed by atoms with Gasteiger partial charge in [-0.25, -0.2) is 0 Å². The Bertz CT molecular complexity index is 711. The van der Waals surface area contributed by atoms with Gasteiger partial charge in [0, 0.05) is 24.7 Å². The molecule has 7 atom stereocenters. The van der Waals surface area contributed by atoms with E-state index in [1.165, 1.54) is 5.57 Å². The van der Waals surface area contributed by atoms with Gasteiger partial charge in [0.05, 0.1) is 6.10 Å². The van der Waals surface area contributed by atoms with Crippen LogP contribution in [0.25, 0.3) is 0 Å². The van der Waals surface area contributed by atoms with E-state index in [0.29, 0.717) is 36.9 Å². The van der Waals surface area contributed by atoms with Gasteiger partial charge in [0.2, 0.25) is 0 Å². The summed E-state index contributed by atoms with van der Waals surface area (Å²) in [6.07, 6.45) is 9.11. The monoisotopic (exact) mass is 358 g/mol. The highest BCUT2D eigenvalue weighted by Gasteiger charge is 2.68. The molecular weight excluding hydrogens is 328 g/mol. The number of hydrogen-bond acceptors (Lipinski definition) is 4. The molecule has 5 rings (SSSR count). The average molecular weight is 358 g/mol. The molecule has 5 aliphatic rings. The molecule has 0 radical (unpaired) electrons. The molecule has 0 amide bonds. The van der Waals surface area contributed by atoms with Gasteiger partial charge in [-0.15, -0.1) is 0 Å². The summed E-state index contributed by atoms with van der Waals surface area (Å²) in [5.74, 6) is 1.45. The summed E-state index contributed by atoms with van der Waals surface area (Å²) < 4.78 is 5.95. The highest BCUT2D eigenvalue weighted by molar-refractivity contribution is 5.82. The van der Waals surface area contributed by atoms with E-state index in [-0.39, 0.29) is 34.4 Å². The minimum Gasteiger partial charge on any atom is -0.458 e. The standard InChI is InChI=1S/C22H30O4/c1-20-8-5-14(23)11-13(20)3-4-15-16-6-9-22(10-7-18(25)26-22)21(16,2)12-17(24)19(15)20/h3,15-17,19,24H,4-12H2,1-2H3/t15?,16?,17-,19?,20?,21?,22+/m0/s1. The third-order valence-corrected chi connectivity index (χ3v) is 9.20. The van der Waals surface area contributed by atoms with Crippen LogP contribution in [0.15, 0.2) is 11.6 Å². The Kier molecular flexibility index (Phi) is 3.40. The molecule has 26 heavy (non-hydrogen) atoms. The van der Waals surface area contributed by atoms with Crippen molar-refractivity contribution in [3.8, 4) is 0 Å². The van der Waals surface area contributed by atoms with Crippen LogP contribution in [-0.4, -0.2) is 28.6 Å². The first-order chi connectivity index (χ1) is 12.3. The number of aliphatic hydroxyl groups excluding tert-OH is 1. The zero-order valence-corrected chi connectivity index (χ0v) is 15.9. The van der Waals surface area contributed by atoms with E-state index >= 15 is 0 Å². The second kappa shape index (κ2) is 5.21. The first-order valence-corrected chi connectivity index (χ1v) is 10.4. The Morgan fingerprint density at radius 2 is 1.96 bits per heavy atom. The first-order valence-electron chi connectivity index (χ1n) is 10.4. The number of rotatable bonds is 0. The SMILES string of the molecule is CC12CCC(=O)CC1=CCC1C2[C@@H](O)CC2(C)C1CC[C@@]21CCC(=O)O1. The molecule has 4 aliphatic carbocycles. The van der Waals surface area contributed by atoms with Crippen LogP contribution >= 0.6 is 0 Å². The van der Waals surface area contributed by atoms with Gasteiger partial charge < -0.3 is 9.84 Å². The number of esters is 1. The molecule has 1 heterocycles. The van der Waals surface area contributed by atoms with E-state index < -0.39 is 0 Å². The minimum atomic E-state index is -0.377. The van der Waals surface area contributed by atoms with Crippen molar-refractivity contribution in [3.63, 3.8) is 0 Å². The van der Waals surface area contributed by atoms with Gasteiger partial charge in [-0.3, -0.25) is 9.59 Å². The summed E-state index contributed by atoms with van der Waals surface area (Å²) in [5.41, 5.74) is 0.761. The molecule has 1 spiro atoms. The van der Waals surface area contributed by atoms with E-state index in [0.717, 1.165) is 38.5 Å². The lowest BCUT2D eigenvalue weighted by atomic mass is 9.46. The fourth-order valence-corrected chi connectivity index (χ4v) is 7.89. The third kappa shape index (κ3) is 1.95. The van der Waals surface area contributed by atoms with E-state index in [9.17, 15) is 14.7 Å². The van der Waals surface area contributed by atoms with Crippen molar-refractivity contribution >= 4 is 11.8 Å². The molecule has 1 saturated heterocycles. The van der Waals surface area contributed by atoms with Crippen molar-refractivity contribution < 1.29 is 19.4 Å². The Morgan fingerprint density at radius 3 is 2.69 bits per heavy atom. The van der Waals surface area contributed by atoms with Crippen molar-refractivity contribution in [1.29, 1.82) is 0 Å². The van der Waals surface area contributed by atoms with Gasteiger partial charge >= 0.3 is 5.97 Å². The largest absolute Gasteiger partial charge is 0.458 e. The third-order valence-electron chi connectivity index (χ3n) is 9.20. The summed E-state index contributed by atoms with van der Waals surface area (Å²) in [5, 5.41) is 11.3. The minimum absolute atomic E-state index is 0.0420. The summed E-state index contributed by atoms with van der Waals surface area (Å²) in [6.45, 7) is 4.56. The van der Waals surface area contributed by atoms with Crippen LogP contribution in [0, 0.1) is 28.6 Å². The van der Waals surface area contributed by atoms with Crippen LogP contribution in [-0.2, 0) is 14.3 Å². The highest BCUT2D eigenvalue weighted by Crippen LogP contribution is 2.69. The van der Waals surface area contributed by atoms with Crippen LogP contribution in [0.5, 0.6) is 0 Å². The lowest BCUT2D eigenvalue weighted by Gasteiger charge is -2.60. The molecule has 4 fully saturated rings. The molecule has 1 N–H and O–H groups in total. The van der Waals surface area contributed by atoms with Crippen LogP contribution < -0.4 is 0 Å². The molecular formula is C22H30O4. The topological polar surface area (TPSA) is 63.6 Å². The van der Waals surface area contributed by atoms with Crippen LogP contribution in [0.4, 0.5) is 0 Å². The maximum atomic E-state index is 12.0. The molecule has 1 aliphatic heterocycles. The Hall–Kier alpha value is -1.16. The number of allylic oxidation sites excluding steroid dienone is 2. The number of hydrogen-bond donors (Lipinski definition) is 1. The summed E-state index contributed by atoms with van der Waals surface area (Å²) in [7, 11) is 0. The number of ether oxygens (including phenoxy) is 1. The molecule has 0 bridgehead atoms. The van der Waals surface area contributed by atoms with Gasteiger partial charge in [0.15, 0.2) is 0 Å². The van der Waals surface area contributed by atoms with E-state index in [1.54, 1.807) is 0 Å². The zero-order valence-electron chi connectivity index (χ0n) is 15.9. The van der Waals surface area contributed by atoms with Crippen LogP contribution in [0.1, 0.15) is 71.6 Å². The number of ketones is 1. The predicted octanol–water partition coefficient (Wildman–Crippen LogP) is 3.56. The van der Waals surface area contributed by atoms with Crippen molar-refractivity contribution in [2.24, 2.45) is 28.6 Å². The summed E-state index contributed by atoms with van der Waals surface area (Å²) >= 11 is 0. The van der Waals surface area contributed by atoms with Crippen molar-refractivity contribution in [1.82, 2.24) is 0 Å². The molecule has 3 saturated carbocycles. The lowest BCUT2D eigenvalue weighted by Crippen LogP contribution is -2.59. The quantitative estimate of drug-likeness (QED) is 0.531. The van der Waals surface area contributed by atoms with Gasteiger partial charge in [-0.05, 0) is 61.7 Å². The average Bonchev–Trinajstić information content (AvgIpc) is 3.09. The van der Waals surface area contributed by atoms with Gasteiger partial charge in [0.1, 0.15) is 11.4 Å². The van der Waals surface area contributed by atoms with Crippen LogP contribution in [0.2, 0.25) is 0 Å². The zero-order chi connectivity index (χ0) is 18.3. The van der Waals surface area contributed by atoms with Crippen LogP contribution in [0.3, 0.4) is 0 Å². The second-order valence-electron chi connectivity index (χ2n) is 10.1. The number of aliphatic hydroxyl groups is 1. The first kappa shape index (κ1) is 17.0. The molecule has 0 aromatic carbocycles. The maximum Gasteiger partial charge on any atom is 0.306 e. The fourth-order valence-electron chi connectivity index (χ4n) is 7.89. The number of carbonyl (C=O) groups excluding carboxylic acids is 2. The summed E-state index contributed by atoms with van der Waals surface area (Å²) in [4.78, 5) is 23.9. The van der Waals surface area contributed by atoms with Crippen molar-refractivity contribution in [3.05, 3.63) is 11.6 Å². The highest BCUT2D eigenvalue weighted by atomic mass is 16.6. The molecule has 4 nitrogen and oxygen atoms in total. The summed E-state index contributed by atoms with van der Waals surface area (Å²) in [6, 6.07) is 0. The normalized spacial score (nSPS) is 53.0. The Balaban J connectivity index is 1.54. The smallest absolute Gasteiger partial charge is 0.306 e. The fraction of sp³-hybridized carbons (Fsp3) is 0.818.